The number of rotatable bonds is 3. The third-order valence-corrected chi connectivity index (χ3v) is 5.98. The second-order valence-electron chi connectivity index (χ2n) is 7.88. The number of nitrogen functional groups attached to an aromatic ring is 1. The lowest BCUT2D eigenvalue weighted by molar-refractivity contribution is 0.477. The fraction of sp³-hybridized carbons (Fsp3) is 0.208. The quantitative estimate of drug-likeness (QED) is 0.531. The lowest BCUT2D eigenvalue weighted by atomic mass is 9.91. The van der Waals surface area contributed by atoms with E-state index in [0.717, 1.165) is 70.1 Å². The number of hydrogen-bond donors (Lipinski definition) is 2. The number of hydrogen-bond acceptors (Lipinski definition) is 5. The van der Waals surface area contributed by atoms with E-state index in [1.54, 1.807) is 6.20 Å². The molecule has 4 aromatic rings. The zero-order valence-electron chi connectivity index (χ0n) is 16.8. The lowest BCUT2D eigenvalue weighted by Gasteiger charge is -2.13. The number of benzene rings is 1. The second kappa shape index (κ2) is 7.30. The van der Waals surface area contributed by atoms with Gasteiger partial charge in [0.25, 0.3) is 0 Å². The number of aromatic nitrogens is 4. The van der Waals surface area contributed by atoms with E-state index in [2.05, 4.69) is 38.2 Å². The van der Waals surface area contributed by atoms with Gasteiger partial charge in [-0.05, 0) is 49.1 Å². The Kier molecular flexibility index (Phi) is 4.47. The molecule has 6 heteroatoms. The van der Waals surface area contributed by atoms with Crippen molar-refractivity contribution in [3.63, 3.8) is 0 Å². The summed E-state index contributed by atoms with van der Waals surface area (Å²) in [6.45, 7) is 5.31. The van der Waals surface area contributed by atoms with Gasteiger partial charge in [-0.3, -0.25) is 4.98 Å². The number of para-hydroxylation sites is 1. The predicted molar refractivity (Wildman–Crippen MR) is 122 cm³/mol. The van der Waals surface area contributed by atoms with E-state index >= 15 is 0 Å². The lowest BCUT2D eigenvalue weighted by Crippen LogP contribution is -2.04. The van der Waals surface area contributed by atoms with Gasteiger partial charge in [-0.2, -0.15) is 0 Å². The summed E-state index contributed by atoms with van der Waals surface area (Å²) in [6.07, 6.45) is 9.99. The van der Waals surface area contributed by atoms with Crippen molar-refractivity contribution in [2.45, 2.75) is 25.8 Å². The summed E-state index contributed by atoms with van der Waals surface area (Å²) in [5, 5.41) is 1.97. The molecule has 4 heterocycles. The molecule has 3 aromatic heterocycles. The fourth-order valence-electron chi connectivity index (χ4n) is 4.60. The van der Waals surface area contributed by atoms with E-state index in [-0.39, 0.29) is 0 Å². The van der Waals surface area contributed by atoms with Crippen LogP contribution in [0.4, 0.5) is 5.82 Å². The van der Waals surface area contributed by atoms with Crippen LogP contribution in [0, 0.1) is 5.92 Å². The fourth-order valence-corrected chi connectivity index (χ4v) is 4.60. The summed E-state index contributed by atoms with van der Waals surface area (Å²) in [7, 11) is 0. The van der Waals surface area contributed by atoms with Crippen LogP contribution in [0.3, 0.4) is 0 Å². The Balaban J connectivity index is 1.75. The molecule has 5 rings (SSSR count). The number of pyridine rings is 1. The molecule has 0 aliphatic carbocycles. The van der Waals surface area contributed by atoms with Crippen LogP contribution in [0.5, 0.6) is 0 Å². The summed E-state index contributed by atoms with van der Waals surface area (Å²) < 4.78 is 2.26. The Morgan fingerprint density at radius 2 is 2.07 bits per heavy atom. The molecular formula is C24H24N6. The number of allylic oxidation sites excluding steroid dienone is 2. The normalized spacial score (nSPS) is 16.9. The molecule has 0 amide bonds. The summed E-state index contributed by atoms with van der Waals surface area (Å²) >= 11 is 0. The Morgan fingerprint density at radius 3 is 2.93 bits per heavy atom. The highest BCUT2D eigenvalue weighted by Gasteiger charge is 2.27. The number of anilines is 1. The van der Waals surface area contributed by atoms with Crippen LogP contribution in [0.15, 0.2) is 61.7 Å². The minimum atomic E-state index is 0.485. The summed E-state index contributed by atoms with van der Waals surface area (Å²) in [5.41, 5.74) is 18.0. The summed E-state index contributed by atoms with van der Waals surface area (Å²) in [5.74, 6) is 0.980. The van der Waals surface area contributed by atoms with Crippen LogP contribution in [0.1, 0.15) is 25.0 Å². The third-order valence-electron chi connectivity index (χ3n) is 5.98. The van der Waals surface area contributed by atoms with Crippen molar-refractivity contribution in [2.24, 2.45) is 11.7 Å². The van der Waals surface area contributed by atoms with Gasteiger partial charge in [0, 0.05) is 29.3 Å². The standard InChI is InChI=1S/C24H24N6/c1-15-11-16(5-4-9-25)8-10-30-22(15)20(21-23(26)28-14-29-24(21)30)18-12-17-6-2-3-7-19(17)27-13-18/h2-4,6-7,9,12-14,16H,1,5,8,10-11,25H2,(H2,26,28,29)/t16-/m1/s1. The number of nitrogens with two attached hydrogens (primary N) is 2. The number of aryl methyl sites for hydroxylation is 1. The van der Waals surface area contributed by atoms with E-state index in [9.17, 15) is 0 Å². The predicted octanol–water partition coefficient (Wildman–Crippen LogP) is 4.51. The monoisotopic (exact) mass is 396 g/mol. The average molecular weight is 396 g/mol. The van der Waals surface area contributed by atoms with Crippen molar-refractivity contribution in [1.82, 2.24) is 19.5 Å². The van der Waals surface area contributed by atoms with Crippen LogP contribution in [0.2, 0.25) is 0 Å². The van der Waals surface area contributed by atoms with Crippen molar-refractivity contribution >= 4 is 33.3 Å². The molecule has 0 saturated carbocycles. The van der Waals surface area contributed by atoms with Crippen LogP contribution < -0.4 is 11.5 Å². The van der Waals surface area contributed by atoms with Crippen molar-refractivity contribution in [1.29, 1.82) is 0 Å². The number of nitrogens with zero attached hydrogens (tertiary/aromatic N) is 4. The molecule has 0 unspecified atom stereocenters. The molecular weight excluding hydrogens is 372 g/mol. The summed E-state index contributed by atoms with van der Waals surface area (Å²) in [6, 6.07) is 10.3. The van der Waals surface area contributed by atoms with Crippen LogP contribution in [0.25, 0.3) is 38.6 Å². The van der Waals surface area contributed by atoms with Gasteiger partial charge in [-0.15, -0.1) is 0 Å². The Bertz CT molecular complexity index is 1300. The van der Waals surface area contributed by atoms with Gasteiger partial charge in [-0.1, -0.05) is 30.9 Å². The maximum absolute atomic E-state index is 6.36. The van der Waals surface area contributed by atoms with Gasteiger partial charge in [0.2, 0.25) is 0 Å². The Labute approximate surface area is 175 Å². The van der Waals surface area contributed by atoms with E-state index in [0.29, 0.717) is 11.7 Å². The van der Waals surface area contributed by atoms with E-state index < -0.39 is 0 Å². The molecule has 0 radical (unpaired) electrons. The molecule has 150 valence electrons. The molecule has 6 nitrogen and oxygen atoms in total. The zero-order valence-corrected chi connectivity index (χ0v) is 16.8. The second-order valence-corrected chi connectivity index (χ2v) is 7.88. The first-order chi connectivity index (χ1) is 14.7. The maximum Gasteiger partial charge on any atom is 0.146 e. The first-order valence-electron chi connectivity index (χ1n) is 10.2. The Morgan fingerprint density at radius 1 is 1.20 bits per heavy atom. The molecule has 30 heavy (non-hydrogen) atoms. The Hall–Kier alpha value is -3.67. The molecule has 1 atom stereocenters. The SMILES string of the molecule is C=C1C[C@H](CC=CN)CCn2c1c(-c1cnc3ccccc3c1)c1c(N)ncnc12. The zero-order chi connectivity index (χ0) is 20.7. The average Bonchev–Trinajstić information content (AvgIpc) is 3.01. The largest absolute Gasteiger partial charge is 0.405 e. The smallest absolute Gasteiger partial charge is 0.146 e. The highest BCUT2D eigenvalue weighted by molar-refractivity contribution is 6.06. The van der Waals surface area contributed by atoms with Crippen molar-refractivity contribution in [3.05, 3.63) is 67.4 Å². The molecule has 0 fully saturated rings. The van der Waals surface area contributed by atoms with Crippen molar-refractivity contribution < 1.29 is 0 Å². The molecule has 1 aromatic carbocycles. The third kappa shape index (κ3) is 2.92. The van der Waals surface area contributed by atoms with Gasteiger partial charge in [-0.25, -0.2) is 9.97 Å². The molecule has 1 aliphatic heterocycles. The number of fused-ring (bicyclic) bond motifs is 4. The minimum absolute atomic E-state index is 0.485. The topological polar surface area (TPSA) is 95.6 Å². The first kappa shape index (κ1) is 18.4. The first-order valence-corrected chi connectivity index (χ1v) is 10.2. The molecule has 0 spiro atoms. The van der Waals surface area contributed by atoms with Gasteiger partial charge in [0.05, 0.1) is 16.6 Å². The highest BCUT2D eigenvalue weighted by Crippen LogP contribution is 2.43. The highest BCUT2D eigenvalue weighted by atomic mass is 15.1. The molecule has 0 saturated heterocycles. The van der Waals surface area contributed by atoms with E-state index in [1.807, 2.05) is 30.5 Å². The maximum atomic E-state index is 6.36. The minimum Gasteiger partial charge on any atom is -0.405 e. The van der Waals surface area contributed by atoms with Gasteiger partial charge in [0.15, 0.2) is 0 Å². The van der Waals surface area contributed by atoms with Crippen molar-refractivity contribution in [3.8, 4) is 11.1 Å². The van der Waals surface area contributed by atoms with Gasteiger partial charge < -0.3 is 16.0 Å². The van der Waals surface area contributed by atoms with Crippen LogP contribution >= 0.6 is 0 Å². The van der Waals surface area contributed by atoms with Crippen LogP contribution in [-0.4, -0.2) is 19.5 Å². The van der Waals surface area contributed by atoms with E-state index in [4.69, 9.17) is 11.5 Å². The van der Waals surface area contributed by atoms with Crippen molar-refractivity contribution in [2.75, 3.05) is 5.73 Å². The van der Waals surface area contributed by atoms with Gasteiger partial charge in [0.1, 0.15) is 17.8 Å². The molecule has 4 N–H and O–H groups in total. The van der Waals surface area contributed by atoms with E-state index in [1.165, 1.54) is 6.33 Å². The van der Waals surface area contributed by atoms with Gasteiger partial charge >= 0.3 is 0 Å². The molecule has 1 aliphatic rings. The molecule has 0 bridgehead atoms. The van der Waals surface area contributed by atoms with Crippen LogP contribution in [-0.2, 0) is 6.54 Å². The summed E-state index contributed by atoms with van der Waals surface area (Å²) in [4.78, 5) is 13.6.